The first-order chi connectivity index (χ1) is 14.1. The van der Waals surface area contributed by atoms with Crippen LogP contribution in [0.4, 0.5) is 0 Å². The van der Waals surface area contributed by atoms with Gasteiger partial charge in [0.05, 0.1) is 12.8 Å². The normalized spacial score (nSPS) is 20.4. The molecule has 0 N–H and O–H groups in total. The number of hydrogen-bond donors (Lipinski definition) is 0. The van der Waals surface area contributed by atoms with Crippen molar-refractivity contribution in [3.8, 4) is 5.88 Å². The molecule has 152 valence electrons. The summed E-state index contributed by atoms with van der Waals surface area (Å²) in [6.07, 6.45) is 0.845. The molecule has 0 bridgehead atoms. The first kappa shape index (κ1) is 19.4. The van der Waals surface area contributed by atoms with Crippen LogP contribution < -0.4 is 4.74 Å². The summed E-state index contributed by atoms with van der Waals surface area (Å²) in [4.78, 5) is 36.1. The summed E-state index contributed by atoms with van der Waals surface area (Å²) in [6.45, 7) is 3.22. The summed E-state index contributed by atoms with van der Waals surface area (Å²) in [5.41, 5.74) is 1.93. The molecule has 0 spiro atoms. The Kier molecular flexibility index (Phi) is 5.76. The quantitative estimate of drug-likeness (QED) is 0.770. The minimum absolute atomic E-state index is 0.0268. The van der Waals surface area contributed by atoms with Gasteiger partial charge >= 0.3 is 0 Å². The highest BCUT2D eigenvalue weighted by atomic mass is 16.5. The molecular weight excluding hydrogens is 368 g/mol. The van der Waals surface area contributed by atoms with E-state index >= 15 is 0 Å². The molecule has 0 radical (unpaired) electrons. The van der Waals surface area contributed by atoms with Gasteiger partial charge in [-0.2, -0.15) is 0 Å². The summed E-state index contributed by atoms with van der Waals surface area (Å²) in [7, 11) is 1.60. The molecule has 0 aliphatic carbocycles. The molecule has 29 heavy (non-hydrogen) atoms. The van der Waals surface area contributed by atoms with Gasteiger partial charge in [-0.25, -0.2) is 4.98 Å². The lowest BCUT2D eigenvalue weighted by molar-refractivity contribution is -0.156. The number of amides is 2. The highest BCUT2D eigenvalue weighted by Gasteiger charge is 2.41. The van der Waals surface area contributed by atoms with Crippen LogP contribution in [-0.4, -0.2) is 70.8 Å². The predicted molar refractivity (Wildman–Crippen MR) is 108 cm³/mol. The molecule has 2 amide bonds. The van der Waals surface area contributed by atoms with Crippen molar-refractivity contribution in [2.75, 3.05) is 33.3 Å². The minimum Gasteiger partial charge on any atom is -0.481 e. The molecule has 4 rings (SSSR count). The molecule has 3 heterocycles. The van der Waals surface area contributed by atoms with E-state index in [0.29, 0.717) is 32.1 Å². The van der Waals surface area contributed by atoms with Gasteiger partial charge in [0.25, 0.3) is 0 Å². The summed E-state index contributed by atoms with van der Waals surface area (Å²) in [5.74, 6) is 0.641. The lowest BCUT2D eigenvalue weighted by atomic mass is 10.1. The average molecular weight is 394 g/mol. The number of fused-ring (bicyclic) bond motifs is 1. The fraction of sp³-hybridized carbons (Fsp3) is 0.409. The second-order valence-electron chi connectivity index (χ2n) is 7.54. The molecule has 2 saturated heterocycles. The number of piperazine rings is 1. The third kappa shape index (κ3) is 4.40. The summed E-state index contributed by atoms with van der Waals surface area (Å²) in [6, 6.07) is 15.1. The largest absolute Gasteiger partial charge is 0.481 e. The SMILES string of the molecule is COc1cccc(CN2CCCN3C(=O)CN(Cc4ccccc4)C(=O)C3C2)n1. The smallest absolute Gasteiger partial charge is 0.247 e. The van der Waals surface area contributed by atoms with Gasteiger partial charge in [-0.15, -0.1) is 0 Å². The van der Waals surface area contributed by atoms with Gasteiger partial charge in [0, 0.05) is 38.8 Å². The van der Waals surface area contributed by atoms with Gasteiger partial charge in [-0.1, -0.05) is 36.4 Å². The zero-order chi connectivity index (χ0) is 20.2. The first-order valence-corrected chi connectivity index (χ1v) is 9.98. The van der Waals surface area contributed by atoms with Crippen LogP contribution in [0.15, 0.2) is 48.5 Å². The standard InChI is InChI=1S/C22H26N4O3/c1-29-20-10-5-9-18(23-20)14-24-11-6-12-26-19(15-24)22(28)25(16-21(26)27)13-17-7-3-2-4-8-17/h2-5,7-10,19H,6,11-16H2,1H3. The Morgan fingerprint density at radius 2 is 1.86 bits per heavy atom. The molecule has 0 saturated carbocycles. The van der Waals surface area contributed by atoms with Gasteiger partial charge in [0.2, 0.25) is 17.7 Å². The highest BCUT2D eigenvalue weighted by molar-refractivity contribution is 5.95. The van der Waals surface area contributed by atoms with Crippen molar-refractivity contribution in [3.63, 3.8) is 0 Å². The monoisotopic (exact) mass is 394 g/mol. The molecular formula is C22H26N4O3. The minimum atomic E-state index is -0.437. The Morgan fingerprint density at radius 1 is 1.03 bits per heavy atom. The number of pyridine rings is 1. The van der Waals surface area contributed by atoms with Crippen molar-refractivity contribution < 1.29 is 14.3 Å². The van der Waals surface area contributed by atoms with E-state index in [1.54, 1.807) is 16.9 Å². The Balaban J connectivity index is 1.49. The van der Waals surface area contributed by atoms with Gasteiger partial charge in [-0.3, -0.25) is 14.5 Å². The van der Waals surface area contributed by atoms with Crippen LogP contribution in [0, 0.1) is 0 Å². The topological polar surface area (TPSA) is 66.0 Å². The van der Waals surface area contributed by atoms with E-state index < -0.39 is 6.04 Å². The van der Waals surface area contributed by atoms with Crippen LogP contribution in [0.2, 0.25) is 0 Å². The zero-order valence-corrected chi connectivity index (χ0v) is 16.7. The maximum atomic E-state index is 13.2. The van der Waals surface area contributed by atoms with E-state index in [2.05, 4.69) is 9.88 Å². The maximum Gasteiger partial charge on any atom is 0.247 e. The Morgan fingerprint density at radius 3 is 2.66 bits per heavy atom. The number of methoxy groups -OCH3 is 1. The number of nitrogens with zero attached hydrogens (tertiary/aromatic N) is 4. The molecule has 1 aromatic carbocycles. The van der Waals surface area contributed by atoms with Gasteiger partial charge < -0.3 is 14.5 Å². The fourth-order valence-corrected chi connectivity index (χ4v) is 4.08. The number of rotatable bonds is 5. The van der Waals surface area contributed by atoms with E-state index in [-0.39, 0.29) is 18.4 Å². The van der Waals surface area contributed by atoms with Crippen LogP contribution in [0.25, 0.3) is 0 Å². The van der Waals surface area contributed by atoms with Crippen LogP contribution in [0.1, 0.15) is 17.7 Å². The van der Waals surface area contributed by atoms with Crippen molar-refractivity contribution in [1.29, 1.82) is 0 Å². The molecule has 7 nitrogen and oxygen atoms in total. The molecule has 2 aliphatic heterocycles. The second kappa shape index (κ2) is 8.61. The van der Waals surface area contributed by atoms with Crippen LogP contribution in [0.3, 0.4) is 0 Å². The number of aromatic nitrogens is 1. The van der Waals surface area contributed by atoms with Crippen molar-refractivity contribution >= 4 is 11.8 Å². The maximum absolute atomic E-state index is 13.2. The summed E-state index contributed by atoms with van der Waals surface area (Å²) in [5, 5.41) is 0. The number of carbonyl (C=O) groups is 2. The third-order valence-electron chi connectivity index (χ3n) is 5.52. The molecule has 1 atom stereocenters. The third-order valence-corrected chi connectivity index (χ3v) is 5.52. The second-order valence-corrected chi connectivity index (χ2v) is 7.54. The van der Waals surface area contributed by atoms with Crippen molar-refractivity contribution in [2.45, 2.75) is 25.6 Å². The van der Waals surface area contributed by atoms with Gasteiger partial charge in [0.15, 0.2) is 0 Å². The van der Waals surface area contributed by atoms with Crippen molar-refractivity contribution in [1.82, 2.24) is 19.7 Å². The first-order valence-electron chi connectivity index (χ1n) is 9.98. The van der Waals surface area contributed by atoms with E-state index in [1.807, 2.05) is 48.5 Å². The predicted octanol–water partition coefficient (Wildman–Crippen LogP) is 1.54. The average Bonchev–Trinajstić information content (AvgIpc) is 2.96. The van der Waals surface area contributed by atoms with Crippen LogP contribution in [-0.2, 0) is 22.7 Å². The molecule has 7 heteroatoms. The van der Waals surface area contributed by atoms with Crippen LogP contribution >= 0.6 is 0 Å². The van der Waals surface area contributed by atoms with E-state index in [1.165, 1.54) is 0 Å². The van der Waals surface area contributed by atoms with Gasteiger partial charge in [-0.05, 0) is 18.1 Å². The molecule has 2 fully saturated rings. The fourth-order valence-electron chi connectivity index (χ4n) is 4.08. The molecule has 2 aromatic rings. The molecule has 2 aliphatic rings. The lowest BCUT2D eigenvalue weighted by Gasteiger charge is -2.40. The van der Waals surface area contributed by atoms with E-state index in [4.69, 9.17) is 4.74 Å². The number of hydrogen-bond acceptors (Lipinski definition) is 5. The highest BCUT2D eigenvalue weighted by Crippen LogP contribution is 2.21. The Hall–Kier alpha value is -2.93. The number of carbonyl (C=O) groups excluding carboxylic acids is 2. The van der Waals surface area contributed by atoms with E-state index in [9.17, 15) is 9.59 Å². The van der Waals surface area contributed by atoms with Gasteiger partial charge in [0.1, 0.15) is 12.6 Å². The Labute approximate surface area is 170 Å². The number of ether oxygens (including phenoxy) is 1. The lowest BCUT2D eigenvalue weighted by Crippen LogP contribution is -2.61. The summed E-state index contributed by atoms with van der Waals surface area (Å²) < 4.78 is 5.21. The van der Waals surface area contributed by atoms with Crippen LogP contribution in [0.5, 0.6) is 5.88 Å². The van der Waals surface area contributed by atoms with Crippen molar-refractivity contribution in [3.05, 3.63) is 59.8 Å². The van der Waals surface area contributed by atoms with Crippen molar-refractivity contribution in [2.24, 2.45) is 0 Å². The Bertz CT molecular complexity index is 873. The molecule has 1 unspecified atom stereocenters. The zero-order valence-electron chi connectivity index (χ0n) is 16.7. The van der Waals surface area contributed by atoms with E-state index in [0.717, 1.165) is 24.2 Å². The number of benzene rings is 1. The summed E-state index contributed by atoms with van der Waals surface area (Å²) >= 11 is 0. The molecule has 1 aromatic heterocycles.